The quantitative estimate of drug-likeness (QED) is 0.644. The molecule has 0 aliphatic carbocycles. The van der Waals surface area contributed by atoms with Gasteiger partial charge in [0.05, 0.1) is 11.6 Å². The van der Waals surface area contributed by atoms with E-state index in [4.69, 9.17) is 16.7 Å². The summed E-state index contributed by atoms with van der Waals surface area (Å²) in [5.41, 5.74) is 0.330. The first-order valence-corrected chi connectivity index (χ1v) is 6.57. The first-order chi connectivity index (χ1) is 8.90. The van der Waals surface area contributed by atoms with Crippen molar-refractivity contribution >= 4 is 52.0 Å². The summed E-state index contributed by atoms with van der Waals surface area (Å²) in [6, 6.07) is 4.76. The van der Waals surface area contributed by atoms with Crippen LogP contribution in [-0.2, 0) is 9.59 Å². The molecule has 0 aliphatic heterocycles. The number of carboxylic acids is 1. The molecule has 3 N–H and O–H groups in total. The second kappa shape index (κ2) is 7.29. The Morgan fingerprint density at radius 2 is 1.89 bits per heavy atom. The lowest BCUT2D eigenvalue weighted by atomic mass is 10.2. The minimum atomic E-state index is -1.15. The standard InChI is InChI=1S/C11H10ClIN2O4/c12-7-3-6(1-2-8(7)13)11(19)15-4-9(16)14-5-10(17)18/h1-3H,4-5H2,(H,14,16)(H,15,19)(H,17,18). The molecule has 1 rings (SSSR count). The molecular formula is C11H10ClIN2O4. The highest BCUT2D eigenvalue weighted by Gasteiger charge is 2.10. The van der Waals surface area contributed by atoms with Gasteiger partial charge >= 0.3 is 5.97 Å². The summed E-state index contributed by atoms with van der Waals surface area (Å²) < 4.78 is 0.815. The smallest absolute Gasteiger partial charge is 0.322 e. The van der Waals surface area contributed by atoms with Crippen LogP contribution in [0.5, 0.6) is 0 Å². The maximum Gasteiger partial charge on any atom is 0.322 e. The largest absolute Gasteiger partial charge is 0.480 e. The van der Waals surface area contributed by atoms with Crippen molar-refractivity contribution in [1.29, 1.82) is 0 Å². The minimum absolute atomic E-state index is 0.296. The number of hydrogen-bond acceptors (Lipinski definition) is 3. The lowest BCUT2D eigenvalue weighted by Crippen LogP contribution is -2.39. The van der Waals surface area contributed by atoms with Gasteiger partial charge in [-0.15, -0.1) is 0 Å². The SMILES string of the molecule is O=C(O)CNC(=O)CNC(=O)c1ccc(I)c(Cl)c1. The molecule has 0 saturated carbocycles. The zero-order valence-electron chi connectivity index (χ0n) is 9.57. The minimum Gasteiger partial charge on any atom is -0.480 e. The molecule has 0 radical (unpaired) electrons. The van der Waals surface area contributed by atoms with Gasteiger partial charge in [-0.05, 0) is 40.8 Å². The lowest BCUT2D eigenvalue weighted by molar-refractivity contribution is -0.137. The monoisotopic (exact) mass is 396 g/mol. The van der Waals surface area contributed by atoms with E-state index in [1.54, 1.807) is 12.1 Å². The molecule has 8 heteroatoms. The first kappa shape index (κ1) is 15.7. The van der Waals surface area contributed by atoms with E-state index >= 15 is 0 Å². The van der Waals surface area contributed by atoms with Crippen molar-refractivity contribution < 1.29 is 19.5 Å². The van der Waals surface area contributed by atoms with Gasteiger partial charge in [0.15, 0.2) is 0 Å². The Labute approximate surface area is 127 Å². The van der Waals surface area contributed by atoms with Crippen molar-refractivity contribution in [2.75, 3.05) is 13.1 Å². The van der Waals surface area contributed by atoms with Crippen LogP contribution in [-0.4, -0.2) is 36.0 Å². The van der Waals surface area contributed by atoms with Crippen LogP contribution in [0.3, 0.4) is 0 Å². The molecule has 1 aromatic rings. The van der Waals surface area contributed by atoms with Crippen LogP contribution in [0.2, 0.25) is 5.02 Å². The molecule has 0 fully saturated rings. The number of amides is 2. The summed E-state index contributed by atoms with van der Waals surface area (Å²) in [7, 11) is 0. The van der Waals surface area contributed by atoms with E-state index < -0.39 is 24.3 Å². The summed E-state index contributed by atoms with van der Waals surface area (Å²) in [5.74, 6) is -2.18. The molecule has 0 saturated heterocycles. The molecule has 102 valence electrons. The average Bonchev–Trinajstić information content (AvgIpc) is 2.36. The van der Waals surface area contributed by atoms with Gasteiger partial charge in [-0.1, -0.05) is 11.6 Å². The van der Waals surface area contributed by atoms with E-state index in [-0.39, 0.29) is 6.54 Å². The number of hydrogen-bond donors (Lipinski definition) is 3. The Morgan fingerprint density at radius 1 is 1.21 bits per heavy atom. The second-order valence-electron chi connectivity index (χ2n) is 3.48. The van der Waals surface area contributed by atoms with E-state index in [9.17, 15) is 14.4 Å². The van der Waals surface area contributed by atoms with Gasteiger partial charge in [-0.3, -0.25) is 14.4 Å². The summed E-state index contributed by atoms with van der Waals surface area (Å²) in [4.78, 5) is 33.1. The van der Waals surface area contributed by atoms with Crippen LogP contribution < -0.4 is 10.6 Å². The molecule has 0 spiro atoms. The third-order valence-electron chi connectivity index (χ3n) is 2.03. The molecule has 0 unspecified atom stereocenters. The van der Waals surface area contributed by atoms with E-state index in [0.29, 0.717) is 10.6 Å². The number of carboxylic acid groups (broad SMARTS) is 1. The van der Waals surface area contributed by atoms with Crippen LogP contribution in [0, 0.1) is 3.57 Å². The van der Waals surface area contributed by atoms with Gasteiger partial charge in [-0.25, -0.2) is 0 Å². The first-order valence-electron chi connectivity index (χ1n) is 5.12. The molecule has 0 bridgehead atoms. The fourth-order valence-electron chi connectivity index (χ4n) is 1.14. The van der Waals surface area contributed by atoms with Gasteiger partial charge in [0.1, 0.15) is 6.54 Å². The van der Waals surface area contributed by atoms with Crippen molar-refractivity contribution in [1.82, 2.24) is 10.6 Å². The zero-order chi connectivity index (χ0) is 14.4. The fourth-order valence-corrected chi connectivity index (χ4v) is 1.65. The van der Waals surface area contributed by atoms with Crippen LogP contribution in [0.1, 0.15) is 10.4 Å². The summed E-state index contributed by atoms with van der Waals surface area (Å²) in [6.07, 6.45) is 0. The normalized spacial score (nSPS) is 9.79. The summed E-state index contributed by atoms with van der Waals surface area (Å²) >= 11 is 7.90. The van der Waals surface area contributed by atoms with Crippen LogP contribution in [0.25, 0.3) is 0 Å². The number of carbonyl (C=O) groups is 3. The summed E-state index contributed by atoms with van der Waals surface area (Å²) in [6.45, 7) is -0.778. The number of halogens is 2. The maximum atomic E-state index is 11.7. The highest BCUT2D eigenvalue weighted by atomic mass is 127. The van der Waals surface area contributed by atoms with Crippen molar-refractivity contribution in [3.63, 3.8) is 0 Å². The third kappa shape index (κ3) is 5.43. The van der Waals surface area contributed by atoms with Gasteiger partial charge in [-0.2, -0.15) is 0 Å². The maximum absolute atomic E-state index is 11.7. The third-order valence-corrected chi connectivity index (χ3v) is 3.60. The Hall–Kier alpha value is -1.35. The Bertz CT molecular complexity index is 521. The van der Waals surface area contributed by atoms with Crippen molar-refractivity contribution in [3.05, 3.63) is 32.4 Å². The highest BCUT2D eigenvalue weighted by molar-refractivity contribution is 14.1. The summed E-state index contributed by atoms with van der Waals surface area (Å²) in [5, 5.41) is 13.3. The Kier molecular flexibility index (Phi) is 6.03. The Balaban J connectivity index is 2.49. The zero-order valence-corrected chi connectivity index (χ0v) is 12.5. The lowest BCUT2D eigenvalue weighted by Gasteiger charge is -2.06. The van der Waals surface area contributed by atoms with Gasteiger partial charge in [0.25, 0.3) is 5.91 Å². The van der Waals surface area contributed by atoms with E-state index in [2.05, 4.69) is 10.6 Å². The van der Waals surface area contributed by atoms with Crippen LogP contribution in [0.15, 0.2) is 18.2 Å². The van der Waals surface area contributed by atoms with Crippen molar-refractivity contribution in [3.8, 4) is 0 Å². The van der Waals surface area contributed by atoms with Gasteiger partial charge < -0.3 is 15.7 Å². The number of benzene rings is 1. The van der Waals surface area contributed by atoms with Gasteiger partial charge in [0.2, 0.25) is 5.91 Å². The predicted molar refractivity (Wildman–Crippen MR) is 77.1 cm³/mol. The molecule has 1 aromatic carbocycles. The second-order valence-corrected chi connectivity index (χ2v) is 5.05. The Morgan fingerprint density at radius 3 is 2.47 bits per heavy atom. The molecule has 0 heterocycles. The molecule has 2 amide bonds. The predicted octanol–water partition coefficient (Wildman–Crippen LogP) is 0.875. The molecule has 0 atom stereocenters. The van der Waals surface area contributed by atoms with E-state index in [1.807, 2.05) is 22.6 Å². The number of nitrogens with one attached hydrogen (secondary N) is 2. The topological polar surface area (TPSA) is 95.5 Å². The number of carbonyl (C=O) groups excluding carboxylic acids is 2. The number of rotatable bonds is 5. The van der Waals surface area contributed by atoms with Gasteiger partial charge in [0, 0.05) is 9.13 Å². The molecular weight excluding hydrogens is 386 g/mol. The number of aliphatic carboxylic acids is 1. The van der Waals surface area contributed by atoms with E-state index in [0.717, 1.165) is 3.57 Å². The highest BCUT2D eigenvalue weighted by Crippen LogP contribution is 2.19. The average molecular weight is 397 g/mol. The molecule has 19 heavy (non-hydrogen) atoms. The van der Waals surface area contributed by atoms with Crippen molar-refractivity contribution in [2.45, 2.75) is 0 Å². The molecule has 0 aromatic heterocycles. The van der Waals surface area contributed by atoms with Crippen molar-refractivity contribution in [2.24, 2.45) is 0 Å². The fraction of sp³-hybridized carbons (Fsp3) is 0.182. The van der Waals surface area contributed by atoms with E-state index in [1.165, 1.54) is 6.07 Å². The molecule has 6 nitrogen and oxygen atoms in total. The molecule has 0 aliphatic rings. The van der Waals surface area contributed by atoms with Crippen LogP contribution in [0.4, 0.5) is 0 Å². The van der Waals surface area contributed by atoms with Crippen LogP contribution >= 0.6 is 34.2 Å².